The molecule has 1 saturated carbocycles. The van der Waals surface area contributed by atoms with E-state index in [2.05, 4.69) is 25.2 Å². The van der Waals surface area contributed by atoms with Crippen molar-refractivity contribution in [3.05, 3.63) is 11.6 Å². The van der Waals surface area contributed by atoms with Crippen molar-refractivity contribution in [2.24, 2.45) is 0 Å². The predicted octanol–water partition coefficient (Wildman–Crippen LogP) is 1.90. The van der Waals surface area contributed by atoms with Gasteiger partial charge >= 0.3 is 0 Å². The highest BCUT2D eigenvalue weighted by Gasteiger charge is 2.28. The first kappa shape index (κ1) is 13.7. The van der Waals surface area contributed by atoms with E-state index in [0.717, 1.165) is 32.2 Å². The maximum atomic E-state index is 11.5. The zero-order chi connectivity index (χ0) is 12.2. The molecule has 1 aliphatic rings. The van der Waals surface area contributed by atoms with E-state index in [1.54, 1.807) is 0 Å². The van der Waals surface area contributed by atoms with Crippen molar-refractivity contribution in [1.82, 2.24) is 5.32 Å². The molecule has 0 bridgehead atoms. The van der Waals surface area contributed by atoms with E-state index < -0.39 is 9.84 Å². The first-order chi connectivity index (χ1) is 7.39. The summed E-state index contributed by atoms with van der Waals surface area (Å²) in [5.41, 5.74) is 1.29. The second-order valence-corrected chi connectivity index (χ2v) is 7.33. The van der Waals surface area contributed by atoms with Crippen molar-refractivity contribution < 1.29 is 8.42 Å². The van der Waals surface area contributed by atoms with Crippen LogP contribution in [0.1, 0.15) is 39.5 Å². The van der Waals surface area contributed by atoms with Crippen LogP contribution in [0.25, 0.3) is 0 Å². The molecule has 0 amide bonds. The van der Waals surface area contributed by atoms with Gasteiger partial charge in [-0.15, -0.1) is 0 Å². The second-order valence-electron chi connectivity index (χ2n) is 5.00. The Morgan fingerprint density at radius 2 is 2.06 bits per heavy atom. The van der Waals surface area contributed by atoms with Crippen molar-refractivity contribution in [3.63, 3.8) is 0 Å². The van der Waals surface area contributed by atoms with Gasteiger partial charge in [0.1, 0.15) is 9.84 Å². The van der Waals surface area contributed by atoms with Gasteiger partial charge in [0, 0.05) is 18.8 Å². The quantitative estimate of drug-likeness (QED) is 0.769. The van der Waals surface area contributed by atoms with Crippen LogP contribution >= 0.6 is 0 Å². The van der Waals surface area contributed by atoms with E-state index in [4.69, 9.17) is 0 Å². The molecule has 1 fully saturated rings. The Kier molecular flexibility index (Phi) is 4.99. The number of hydrogen-bond acceptors (Lipinski definition) is 3. The van der Waals surface area contributed by atoms with E-state index in [0.29, 0.717) is 6.04 Å². The van der Waals surface area contributed by atoms with Crippen LogP contribution < -0.4 is 5.32 Å². The van der Waals surface area contributed by atoms with E-state index in [-0.39, 0.29) is 5.25 Å². The SMILES string of the molecule is CC(C)=CCNC1CCCC(S(C)(=O)=O)C1. The Hall–Kier alpha value is -0.350. The van der Waals surface area contributed by atoms with Crippen molar-refractivity contribution in [3.8, 4) is 0 Å². The molecule has 0 radical (unpaired) electrons. The molecular weight excluding hydrogens is 222 g/mol. The predicted molar refractivity (Wildman–Crippen MR) is 68.3 cm³/mol. The van der Waals surface area contributed by atoms with Crippen LogP contribution in [0.3, 0.4) is 0 Å². The van der Waals surface area contributed by atoms with E-state index in [1.165, 1.54) is 11.8 Å². The van der Waals surface area contributed by atoms with Crippen molar-refractivity contribution in [1.29, 1.82) is 0 Å². The average Bonchev–Trinajstić information content (AvgIpc) is 2.16. The fraction of sp³-hybridized carbons (Fsp3) is 0.833. The summed E-state index contributed by atoms with van der Waals surface area (Å²) in [6.45, 7) is 4.99. The van der Waals surface area contributed by atoms with Gasteiger partial charge in [-0.1, -0.05) is 18.1 Å². The van der Waals surface area contributed by atoms with Gasteiger partial charge < -0.3 is 5.32 Å². The highest BCUT2D eigenvalue weighted by molar-refractivity contribution is 7.91. The number of sulfone groups is 1. The van der Waals surface area contributed by atoms with E-state index >= 15 is 0 Å². The zero-order valence-corrected chi connectivity index (χ0v) is 11.3. The monoisotopic (exact) mass is 245 g/mol. The number of hydrogen-bond donors (Lipinski definition) is 1. The third kappa shape index (κ3) is 4.66. The minimum absolute atomic E-state index is 0.134. The highest BCUT2D eigenvalue weighted by atomic mass is 32.2. The summed E-state index contributed by atoms with van der Waals surface area (Å²) in [4.78, 5) is 0. The van der Waals surface area contributed by atoms with Crippen LogP contribution in [0.15, 0.2) is 11.6 Å². The molecule has 1 rings (SSSR count). The fourth-order valence-electron chi connectivity index (χ4n) is 2.15. The van der Waals surface area contributed by atoms with E-state index in [1.807, 2.05) is 0 Å². The summed E-state index contributed by atoms with van der Waals surface area (Å²) in [5.74, 6) is 0. The molecule has 94 valence electrons. The highest BCUT2D eigenvalue weighted by Crippen LogP contribution is 2.23. The van der Waals surface area contributed by atoms with Gasteiger partial charge in [-0.25, -0.2) is 8.42 Å². The summed E-state index contributed by atoms with van der Waals surface area (Å²) in [7, 11) is -2.86. The molecule has 1 N–H and O–H groups in total. The Morgan fingerprint density at radius 1 is 1.38 bits per heavy atom. The topological polar surface area (TPSA) is 46.2 Å². The van der Waals surface area contributed by atoms with Crippen LogP contribution in [0.2, 0.25) is 0 Å². The lowest BCUT2D eigenvalue weighted by molar-refractivity contribution is 0.382. The van der Waals surface area contributed by atoms with Gasteiger partial charge in [-0.05, 0) is 33.1 Å². The lowest BCUT2D eigenvalue weighted by Gasteiger charge is -2.28. The molecule has 0 aromatic heterocycles. The minimum Gasteiger partial charge on any atom is -0.310 e. The van der Waals surface area contributed by atoms with Gasteiger partial charge in [-0.3, -0.25) is 0 Å². The number of rotatable bonds is 4. The molecule has 16 heavy (non-hydrogen) atoms. The lowest BCUT2D eigenvalue weighted by Crippen LogP contribution is -2.38. The normalized spacial score (nSPS) is 26.4. The third-order valence-electron chi connectivity index (χ3n) is 3.15. The first-order valence-electron chi connectivity index (χ1n) is 5.95. The molecule has 2 unspecified atom stereocenters. The molecule has 0 heterocycles. The average molecular weight is 245 g/mol. The summed E-state index contributed by atoms with van der Waals surface area (Å²) in [6, 6.07) is 0.365. The van der Waals surface area contributed by atoms with Gasteiger partial charge in [0.15, 0.2) is 0 Å². The largest absolute Gasteiger partial charge is 0.310 e. The molecule has 0 aromatic carbocycles. The molecular formula is C12H23NO2S. The van der Waals surface area contributed by atoms with Crippen molar-refractivity contribution in [2.45, 2.75) is 50.8 Å². The van der Waals surface area contributed by atoms with Gasteiger partial charge in [0.2, 0.25) is 0 Å². The van der Waals surface area contributed by atoms with Crippen LogP contribution in [0.4, 0.5) is 0 Å². The molecule has 0 aliphatic heterocycles. The Morgan fingerprint density at radius 3 is 2.62 bits per heavy atom. The molecule has 0 saturated heterocycles. The summed E-state index contributed by atoms with van der Waals surface area (Å²) >= 11 is 0. The van der Waals surface area contributed by atoms with Crippen LogP contribution in [0.5, 0.6) is 0 Å². The maximum Gasteiger partial charge on any atom is 0.150 e. The van der Waals surface area contributed by atoms with E-state index in [9.17, 15) is 8.42 Å². The number of nitrogens with one attached hydrogen (secondary N) is 1. The number of allylic oxidation sites excluding steroid dienone is 1. The Bertz CT molecular complexity index is 342. The van der Waals surface area contributed by atoms with Gasteiger partial charge in [0.25, 0.3) is 0 Å². The molecule has 0 aromatic rings. The standard InChI is InChI=1S/C12H23NO2S/c1-10(2)7-8-13-11-5-4-6-12(9-11)16(3,14)15/h7,11-13H,4-6,8-9H2,1-3H3. The third-order valence-corrected chi connectivity index (χ3v) is 4.79. The Balaban J connectivity index is 2.42. The van der Waals surface area contributed by atoms with Gasteiger partial charge in [-0.2, -0.15) is 0 Å². The van der Waals surface area contributed by atoms with Crippen molar-refractivity contribution >= 4 is 9.84 Å². The second kappa shape index (κ2) is 5.82. The zero-order valence-electron chi connectivity index (χ0n) is 10.5. The smallest absolute Gasteiger partial charge is 0.150 e. The minimum atomic E-state index is -2.86. The first-order valence-corrected chi connectivity index (χ1v) is 7.90. The fourth-order valence-corrected chi connectivity index (χ4v) is 3.33. The molecule has 3 nitrogen and oxygen atoms in total. The Labute approximate surface area is 99.2 Å². The summed E-state index contributed by atoms with van der Waals surface area (Å²) in [6.07, 6.45) is 7.22. The van der Waals surface area contributed by atoms with Gasteiger partial charge in [0.05, 0.1) is 5.25 Å². The molecule has 1 aliphatic carbocycles. The summed E-state index contributed by atoms with van der Waals surface area (Å²) in [5, 5.41) is 3.28. The summed E-state index contributed by atoms with van der Waals surface area (Å²) < 4.78 is 22.9. The van der Waals surface area contributed by atoms with Crippen LogP contribution in [-0.2, 0) is 9.84 Å². The lowest BCUT2D eigenvalue weighted by atomic mass is 9.95. The molecule has 2 atom stereocenters. The molecule has 4 heteroatoms. The van der Waals surface area contributed by atoms with Crippen molar-refractivity contribution in [2.75, 3.05) is 12.8 Å². The maximum absolute atomic E-state index is 11.5. The van der Waals surface area contributed by atoms with Crippen LogP contribution in [-0.4, -0.2) is 32.5 Å². The molecule has 0 spiro atoms. The van der Waals surface area contributed by atoms with Crippen LogP contribution in [0, 0.1) is 0 Å².